The number of primary sulfonamides is 1. The van der Waals surface area contributed by atoms with E-state index >= 15 is 0 Å². The molecule has 2 aromatic rings. The van der Waals surface area contributed by atoms with Crippen molar-refractivity contribution in [1.29, 1.82) is 0 Å². The lowest BCUT2D eigenvalue weighted by atomic mass is 9.68. The average molecular weight is 633 g/mol. The SMILES string of the molecule is COC[C@@](C)(C/C=C/[C@H](O)[C@@H]1CC[C@H]1CN1C[C@@]2(CCCc3cc(Cl)ccc32)COc2ccc(C(=O)O)cc21)S(N)(=O)=O. The molecule has 1 fully saturated rings. The van der Waals surface area contributed by atoms with Crippen LogP contribution in [0.15, 0.2) is 48.6 Å². The van der Waals surface area contributed by atoms with Crippen molar-refractivity contribution in [3.63, 3.8) is 0 Å². The monoisotopic (exact) mass is 632 g/mol. The molecule has 2 aliphatic carbocycles. The van der Waals surface area contributed by atoms with E-state index in [4.69, 9.17) is 26.2 Å². The number of hydrogen-bond acceptors (Lipinski definition) is 7. The van der Waals surface area contributed by atoms with E-state index in [0.29, 0.717) is 30.5 Å². The third-order valence-electron chi connectivity index (χ3n) is 9.67. The fourth-order valence-corrected chi connectivity index (χ4v) is 7.77. The van der Waals surface area contributed by atoms with Crippen molar-refractivity contribution in [3.8, 4) is 5.75 Å². The van der Waals surface area contributed by atoms with Gasteiger partial charge in [-0.1, -0.05) is 29.8 Å². The maximum atomic E-state index is 12.2. The van der Waals surface area contributed by atoms with E-state index in [2.05, 4.69) is 11.0 Å². The number of carboxylic acids is 1. The van der Waals surface area contributed by atoms with Crippen molar-refractivity contribution in [3.05, 3.63) is 70.3 Å². The largest absolute Gasteiger partial charge is 0.490 e. The Balaban J connectivity index is 1.40. The molecule has 43 heavy (non-hydrogen) atoms. The van der Waals surface area contributed by atoms with E-state index in [-0.39, 0.29) is 35.8 Å². The number of methoxy groups -OCH3 is 1. The third-order valence-corrected chi connectivity index (χ3v) is 11.6. The lowest BCUT2D eigenvalue weighted by Crippen LogP contribution is -2.49. The zero-order valence-electron chi connectivity index (χ0n) is 24.7. The van der Waals surface area contributed by atoms with Crippen molar-refractivity contribution in [1.82, 2.24) is 0 Å². The maximum absolute atomic E-state index is 12.2. The van der Waals surface area contributed by atoms with E-state index < -0.39 is 26.8 Å². The normalized spacial score (nSPS) is 25.7. The first-order valence-corrected chi connectivity index (χ1v) is 16.7. The molecular formula is C32H41ClN2O7S. The van der Waals surface area contributed by atoms with E-state index in [9.17, 15) is 23.4 Å². The van der Waals surface area contributed by atoms with Gasteiger partial charge in [-0.3, -0.25) is 0 Å². The summed E-state index contributed by atoms with van der Waals surface area (Å²) in [6.07, 6.45) is 7.33. The average Bonchev–Trinajstić information content (AvgIpc) is 3.07. The number of aromatic carboxylic acids is 1. The highest BCUT2D eigenvalue weighted by Gasteiger charge is 2.44. The zero-order valence-corrected chi connectivity index (χ0v) is 26.2. The van der Waals surface area contributed by atoms with Crippen molar-refractivity contribution in [2.45, 2.75) is 61.7 Å². The first kappa shape index (κ1) is 31.8. The van der Waals surface area contributed by atoms with Gasteiger partial charge in [0.05, 0.1) is 30.6 Å². The van der Waals surface area contributed by atoms with Gasteiger partial charge in [-0.15, -0.1) is 0 Å². The number of halogens is 1. The molecule has 0 saturated heterocycles. The molecule has 1 spiro atoms. The van der Waals surface area contributed by atoms with Crippen LogP contribution in [-0.2, 0) is 26.6 Å². The molecule has 1 aliphatic heterocycles. The van der Waals surface area contributed by atoms with Gasteiger partial charge in [-0.2, -0.15) is 0 Å². The van der Waals surface area contributed by atoms with Gasteiger partial charge in [0.1, 0.15) is 10.5 Å². The minimum atomic E-state index is -3.87. The van der Waals surface area contributed by atoms with Crippen LogP contribution in [0, 0.1) is 11.8 Å². The summed E-state index contributed by atoms with van der Waals surface area (Å²) in [4.78, 5) is 14.2. The number of anilines is 1. The highest BCUT2D eigenvalue weighted by Crippen LogP contribution is 2.46. The number of nitrogens with two attached hydrogens (primary N) is 1. The molecule has 0 amide bonds. The topological polar surface area (TPSA) is 139 Å². The number of carbonyl (C=O) groups is 1. The second-order valence-corrected chi connectivity index (χ2v) is 15.2. The summed E-state index contributed by atoms with van der Waals surface area (Å²) in [6.45, 7) is 3.23. The number of nitrogens with zero attached hydrogens (tertiary/aromatic N) is 1. The van der Waals surface area contributed by atoms with E-state index in [0.717, 1.165) is 37.8 Å². The van der Waals surface area contributed by atoms with Crippen LogP contribution in [0.3, 0.4) is 0 Å². The molecule has 0 unspecified atom stereocenters. The molecule has 0 radical (unpaired) electrons. The summed E-state index contributed by atoms with van der Waals surface area (Å²) in [5, 5.41) is 27.1. The fourth-order valence-electron chi connectivity index (χ4n) is 6.96. The van der Waals surface area contributed by atoms with E-state index in [1.807, 2.05) is 12.1 Å². The van der Waals surface area contributed by atoms with Crippen LogP contribution in [0.2, 0.25) is 5.02 Å². The number of allylic oxidation sites excluding steroid dienone is 1. The van der Waals surface area contributed by atoms with Gasteiger partial charge in [0.2, 0.25) is 10.0 Å². The van der Waals surface area contributed by atoms with Gasteiger partial charge in [0.25, 0.3) is 0 Å². The Bertz CT molecular complexity index is 1500. The molecule has 0 bridgehead atoms. The van der Waals surface area contributed by atoms with Crippen LogP contribution >= 0.6 is 11.6 Å². The summed E-state index contributed by atoms with van der Waals surface area (Å²) >= 11 is 6.36. The summed E-state index contributed by atoms with van der Waals surface area (Å²) in [6, 6.07) is 11.1. The molecule has 1 saturated carbocycles. The molecule has 4 N–H and O–H groups in total. The predicted molar refractivity (Wildman–Crippen MR) is 167 cm³/mol. The van der Waals surface area contributed by atoms with Gasteiger partial charge in [-0.05, 0) is 98.7 Å². The Hall–Kier alpha value is -2.63. The number of rotatable bonds is 10. The summed E-state index contributed by atoms with van der Waals surface area (Å²) in [5.74, 6) is -0.225. The molecule has 11 heteroatoms. The molecule has 5 rings (SSSR count). The lowest BCUT2D eigenvalue weighted by Gasteiger charge is -2.45. The summed E-state index contributed by atoms with van der Waals surface area (Å²) in [7, 11) is -2.44. The number of aliphatic hydroxyl groups is 1. The number of fused-ring (bicyclic) bond motifs is 3. The third kappa shape index (κ3) is 6.44. The quantitative estimate of drug-likeness (QED) is 0.325. The van der Waals surface area contributed by atoms with Crippen molar-refractivity contribution >= 4 is 33.3 Å². The van der Waals surface area contributed by atoms with Crippen molar-refractivity contribution in [2.24, 2.45) is 17.0 Å². The minimum Gasteiger partial charge on any atom is -0.490 e. The fraction of sp³-hybridized carbons (Fsp3) is 0.531. The molecule has 9 nitrogen and oxygen atoms in total. The first-order valence-electron chi connectivity index (χ1n) is 14.8. The molecule has 3 aliphatic rings. The zero-order chi connectivity index (χ0) is 31.0. The highest BCUT2D eigenvalue weighted by molar-refractivity contribution is 7.90. The Kier molecular flexibility index (Phi) is 9.17. The summed E-state index contributed by atoms with van der Waals surface area (Å²) < 4.78 is 34.5. The number of benzene rings is 2. The molecule has 5 atom stereocenters. The summed E-state index contributed by atoms with van der Waals surface area (Å²) in [5.41, 5.74) is 3.10. The number of hydrogen-bond donors (Lipinski definition) is 3. The van der Waals surface area contributed by atoms with Crippen LogP contribution in [0.5, 0.6) is 5.75 Å². The molecule has 0 aromatic heterocycles. The van der Waals surface area contributed by atoms with Crippen LogP contribution in [0.4, 0.5) is 5.69 Å². The molecule has 2 aromatic carbocycles. The van der Waals surface area contributed by atoms with Crippen molar-refractivity contribution in [2.75, 3.05) is 38.3 Å². The van der Waals surface area contributed by atoms with E-state index in [1.54, 1.807) is 30.4 Å². The first-order chi connectivity index (χ1) is 20.4. The number of sulfonamides is 1. The highest BCUT2D eigenvalue weighted by atomic mass is 35.5. The molecular weight excluding hydrogens is 592 g/mol. The number of aliphatic hydroxyl groups excluding tert-OH is 1. The van der Waals surface area contributed by atoms with Crippen molar-refractivity contribution < 1.29 is 32.9 Å². The Morgan fingerprint density at radius 1 is 1.30 bits per heavy atom. The van der Waals surface area contributed by atoms with Gasteiger partial charge >= 0.3 is 5.97 Å². The second kappa shape index (κ2) is 12.4. The van der Waals surface area contributed by atoms with Crippen LogP contribution in [-0.4, -0.2) is 68.9 Å². The van der Waals surface area contributed by atoms with E-state index in [1.165, 1.54) is 25.2 Å². The Labute approximate surface area is 258 Å². The van der Waals surface area contributed by atoms with Gasteiger partial charge in [-0.25, -0.2) is 18.4 Å². The Morgan fingerprint density at radius 3 is 2.77 bits per heavy atom. The lowest BCUT2D eigenvalue weighted by molar-refractivity contribution is 0.0455. The minimum absolute atomic E-state index is 0.0249. The molecule has 234 valence electrons. The van der Waals surface area contributed by atoms with Crippen LogP contribution in [0.1, 0.15) is 60.5 Å². The van der Waals surface area contributed by atoms with Gasteiger partial charge < -0.3 is 24.6 Å². The number of aryl methyl sites for hydroxylation is 1. The second-order valence-electron chi connectivity index (χ2n) is 12.6. The predicted octanol–water partition coefficient (Wildman–Crippen LogP) is 4.54. The molecule has 1 heterocycles. The standard InChI is InChI=1S/C32H41ClN2O7S/c1-31(19-41-2,43(34,39)40)13-4-6-28(36)25-10-7-23(25)17-35-18-32(14-3-5-21-15-24(33)9-11-26(21)32)20-42-29-12-8-22(30(37)38)16-27(29)35/h4,6,8-9,11-12,15-16,23,25,28,36H,3,5,7,10,13-14,17-20H2,1-2H3,(H,37,38)(H2,34,39,40)/b6-4+/t23-,25+,28-,31+,32-/m0/s1. The number of carboxylic acid groups (broad SMARTS) is 1. The maximum Gasteiger partial charge on any atom is 0.335 e. The number of ether oxygens (including phenoxy) is 2. The smallest absolute Gasteiger partial charge is 0.335 e. The Morgan fingerprint density at radius 2 is 2.09 bits per heavy atom. The van der Waals surface area contributed by atoms with Gasteiger partial charge in [0.15, 0.2) is 0 Å². The van der Waals surface area contributed by atoms with Crippen LogP contribution in [0.25, 0.3) is 0 Å². The van der Waals surface area contributed by atoms with Crippen LogP contribution < -0.4 is 14.8 Å². The van der Waals surface area contributed by atoms with Gasteiger partial charge in [0, 0.05) is 30.6 Å².